The van der Waals surface area contributed by atoms with E-state index in [2.05, 4.69) is 5.32 Å². The van der Waals surface area contributed by atoms with Gasteiger partial charge >= 0.3 is 0 Å². The molecule has 0 saturated heterocycles. The molecule has 0 radical (unpaired) electrons. The number of rotatable bonds is 3. The fourth-order valence-corrected chi connectivity index (χ4v) is 3.83. The van der Waals surface area contributed by atoms with E-state index in [4.69, 9.17) is 0 Å². The minimum atomic E-state index is -0.439. The molecule has 1 aliphatic rings. The highest BCUT2D eigenvalue weighted by molar-refractivity contribution is 6.07. The molecule has 1 aliphatic heterocycles. The molecule has 1 unspecified atom stereocenters. The summed E-state index contributed by atoms with van der Waals surface area (Å²) < 4.78 is 0. The van der Waals surface area contributed by atoms with Crippen LogP contribution in [0.1, 0.15) is 30.4 Å². The van der Waals surface area contributed by atoms with E-state index in [-0.39, 0.29) is 24.3 Å². The Morgan fingerprint density at radius 2 is 1.43 bits per heavy atom. The second kappa shape index (κ2) is 7.69. The molecular formula is C24H22N2O2. The van der Waals surface area contributed by atoms with Crippen molar-refractivity contribution in [1.29, 1.82) is 0 Å². The first-order valence-corrected chi connectivity index (χ1v) is 9.47. The molecule has 0 bridgehead atoms. The van der Waals surface area contributed by atoms with E-state index >= 15 is 0 Å². The highest BCUT2D eigenvalue weighted by atomic mass is 16.2. The summed E-state index contributed by atoms with van der Waals surface area (Å²) in [7, 11) is 0. The summed E-state index contributed by atoms with van der Waals surface area (Å²) in [5.41, 5.74) is 3.28. The summed E-state index contributed by atoms with van der Waals surface area (Å²) in [6.07, 6.45) is 0.261. The Hall–Kier alpha value is -3.40. The molecule has 4 nitrogen and oxygen atoms in total. The molecule has 0 aromatic heterocycles. The standard InChI is InChI=1S/C24H22N2O2/c1-17-16-22(27)25-20-14-8-9-15-21(20)26(17)24(28)23(18-10-4-2-5-11-18)19-12-6-3-7-13-19/h2-15,17,23H,16H2,1H3,(H,25,27). The van der Waals surface area contributed by atoms with Crippen LogP contribution in [-0.4, -0.2) is 17.9 Å². The summed E-state index contributed by atoms with van der Waals surface area (Å²) in [6.45, 7) is 1.92. The second-order valence-corrected chi connectivity index (χ2v) is 7.08. The first-order valence-electron chi connectivity index (χ1n) is 9.47. The number of nitrogens with one attached hydrogen (secondary N) is 1. The van der Waals surface area contributed by atoms with Gasteiger partial charge in [0.25, 0.3) is 0 Å². The van der Waals surface area contributed by atoms with Gasteiger partial charge in [-0.2, -0.15) is 0 Å². The normalized spacial score (nSPS) is 16.3. The van der Waals surface area contributed by atoms with Crippen molar-refractivity contribution in [3.05, 3.63) is 96.1 Å². The number of para-hydroxylation sites is 2. The van der Waals surface area contributed by atoms with Crippen molar-refractivity contribution in [3.8, 4) is 0 Å². The van der Waals surface area contributed by atoms with Gasteiger partial charge in [0, 0.05) is 12.5 Å². The Morgan fingerprint density at radius 3 is 2.04 bits per heavy atom. The number of amides is 2. The van der Waals surface area contributed by atoms with Crippen molar-refractivity contribution in [1.82, 2.24) is 0 Å². The number of anilines is 2. The highest BCUT2D eigenvalue weighted by Crippen LogP contribution is 2.36. The van der Waals surface area contributed by atoms with Crippen molar-refractivity contribution in [2.75, 3.05) is 10.2 Å². The van der Waals surface area contributed by atoms with E-state index in [0.29, 0.717) is 5.69 Å². The minimum Gasteiger partial charge on any atom is -0.324 e. The minimum absolute atomic E-state index is 0.0335. The number of fused-ring (bicyclic) bond motifs is 1. The fraction of sp³-hybridized carbons (Fsp3) is 0.167. The van der Waals surface area contributed by atoms with Gasteiger partial charge < -0.3 is 10.2 Å². The van der Waals surface area contributed by atoms with Gasteiger partial charge in [0.05, 0.1) is 17.3 Å². The molecule has 140 valence electrons. The van der Waals surface area contributed by atoms with Crippen LogP contribution in [0, 0.1) is 0 Å². The zero-order chi connectivity index (χ0) is 19.5. The lowest BCUT2D eigenvalue weighted by Gasteiger charge is -2.32. The molecule has 0 fully saturated rings. The maximum atomic E-state index is 13.9. The van der Waals surface area contributed by atoms with E-state index < -0.39 is 5.92 Å². The van der Waals surface area contributed by atoms with Crippen LogP contribution in [0.15, 0.2) is 84.9 Å². The first-order chi connectivity index (χ1) is 13.6. The molecule has 4 heteroatoms. The van der Waals surface area contributed by atoms with Crippen molar-refractivity contribution in [3.63, 3.8) is 0 Å². The van der Waals surface area contributed by atoms with E-state index in [0.717, 1.165) is 16.8 Å². The van der Waals surface area contributed by atoms with Gasteiger partial charge in [-0.15, -0.1) is 0 Å². The van der Waals surface area contributed by atoms with E-state index in [1.165, 1.54) is 0 Å². The van der Waals surface area contributed by atoms with Gasteiger partial charge in [0.1, 0.15) is 0 Å². The van der Waals surface area contributed by atoms with Crippen LogP contribution in [-0.2, 0) is 9.59 Å². The monoisotopic (exact) mass is 370 g/mol. The van der Waals surface area contributed by atoms with Gasteiger partial charge in [-0.3, -0.25) is 9.59 Å². The van der Waals surface area contributed by atoms with Crippen LogP contribution in [0.4, 0.5) is 11.4 Å². The molecule has 28 heavy (non-hydrogen) atoms. The van der Waals surface area contributed by atoms with Gasteiger partial charge in [-0.05, 0) is 30.2 Å². The molecule has 1 N–H and O–H groups in total. The lowest BCUT2D eigenvalue weighted by atomic mass is 9.89. The molecular weight excluding hydrogens is 348 g/mol. The lowest BCUT2D eigenvalue weighted by Crippen LogP contribution is -2.42. The summed E-state index contributed by atoms with van der Waals surface area (Å²) >= 11 is 0. The smallest absolute Gasteiger partial charge is 0.239 e. The molecule has 3 aromatic carbocycles. The predicted octanol–water partition coefficient (Wildman–Crippen LogP) is 4.58. The molecule has 3 aromatic rings. The van der Waals surface area contributed by atoms with Gasteiger partial charge in [0.2, 0.25) is 11.8 Å². The van der Waals surface area contributed by atoms with Gasteiger partial charge in [-0.25, -0.2) is 0 Å². The maximum Gasteiger partial charge on any atom is 0.239 e. The number of carbonyl (C=O) groups is 2. The first kappa shape index (κ1) is 18.0. The Labute approximate surface area is 164 Å². The largest absolute Gasteiger partial charge is 0.324 e. The quantitative estimate of drug-likeness (QED) is 0.733. The van der Waals surface area contributed by atoms with Crippen LogP contribution in [0.3, 0.4) is 0 Å². The average molecular weight is 370 g/mol. The van der Waals surface area contributed by atoms with E-state index in [1.807, 2.05) is 91.9 Å². The fourth-order valence-electron chi connectivity index (χ4n) is 3.83. The Morgan fingerprint density at radius 1 is 0.893 bits per heavy atom. The summed E-state index contributed by atoms with van der Waals surface area (Å²) in [5.74, 6) is -0.550. The Bertz CT molecular complexity index is 946. The summed E-state index contributed by atoms with van der Waals surface area (Å²) in [6, 6.07) is 26.8. The van der Waals surface area contributed by atoms with Gasteiger partial charge in [0.15, 0.2) is 0 Å². The van der Waals surface area contributed by atoms with Crippen molar-refractivity contribution in [2.24, 2.45) is 0 Å². The van der Waals surface area contributed by atoms with Crippen molar-refractivity contribution >= 4 is 23.2 Å². The molecule has 1 atom stereocenters. The molecule has 0 aliphatic carbocycles. The topological polar surface area (TPSA) is 49.4 Å². The third-order valence-corrected chi connectivity index (χ3v) is 5.11. The predicted molar refractivity (Wildman–Crippen MR) is 111 cm³/mol. The number of carbonyl (C=O) groups excluding carboxylic acids is 2. The third-order valence-electron chi connectivity index (χ3n) is 5.11. The summed E-state index contributed by atoms with van der Waals surface area (Å²) in [4.78, 5) is 28.0. The molecule has 0 saturated carbocycles. The van der Waals surface area contributed by atoms with E-state index in [9.17, 15) is 9.59 Å². The number of benzene rings is 3. The molecule has 4 rings (SSSR count). The van der Waals surface area contributed by atoms with Crippen molar-refractivity contribution in [2.45, 2.75) is 25.3 Å². The Balaban J connectivity index is 1.84. The maximum absolute atomic E-state index is 13.9. The summed E-state index contributed by atoms with van der Waals surface area (Å²) in [5, 5.41) is 2.92. The van der Waals surface area contributed by atoms with Gasteiger partial charge in [-0.1, -0.05) is 72.8 Å². The zero-order valence-electron chi connectivity index (χ0n) is 15.7. The van der Waals surface area contributed by atoms with Crippen LogP contribution < -0.4 is 10.2 Å². The highest BCUT2D eigenvalue weighted by Gasteiger charge is 2.35. The van der Waals surface area contributed by atoms with Crippen LogP contribution in [0.2, 0.25) is 0 Å². The molecule has 2 amide bonds. The molecule has 1 heterocycles. The Kier molecular flexibility index (Phi) is 4.94. The lowest BCUT2D eigenvalue weighted by molar-refractivity contribution is -0.119. The second-order valence-electron chi connectivity index (χ2n) is 7.08. The van der Waals surface area contributed by atoms with Crippen LogP contribution in [0.25, 0.3) is 0 Å². The van der Waals surface area contributed by atoms with Crippen LogP contribution in [0.5, 0.6) is 0 Å². The van der Waals surface area contributed by atoms with Crippen LogP contribution >= 0.6 is 0 Å². The van der Waals surface area contributed by atoms with E-state index in [1.54, 1.807) is 4.90 Å². The number of hydrogen-bond donors (Lipinski definition) is 1. The van der Waals surface area contributed by atoms with Crippen molar-refractivity contribution < 1.29 is 9.59 Å². The zero-order valence-corrected chi connectivity index (χ0v) is 15.7. The average Bonchev–Trinajstić information content (AvgIpc) is 2.84. The SMILES string of the molecule is CC1CC(=O)Nc2ccccc2N1C(=O)C(c1ccccc1)c1ccccc1. The third kappa shape index (κ3) is 3.41. The molecule has 0 spiro atoms. The number of nitrogens with zero attached hydrogens (tertiary/aromatic N) is 1. The number of hydrogen-bond acceptors (Lipinski definition) is 2.